The second-order valence-electron chi connectivity index (χ2n) is 7.11. The van der Waals surface area contributed by atoms with E-state index in [1.165, 1.54) is 11.9 Å². The Bertz CT molecular complexity index is 1190. The van der Waals surface area contributed by atoms with E-state index in [1.807, 2.05) is 66.1 Å². The van der Waals surface area contributed by atoms with E-state index in [2.05, 4.69) is 21.6 Å². The largest absolute Gasteiger partial charge is 0.494 e. The number of hydrogen-bond acceptors (Lipinski definition) is 6. The van der Waals surface area contributed by atoms with Crippen LogP contribution in [0.5, 0.6) is 5.75 Å². The summed E-state index contributed by atoms with van der Waals surface area (Å²) in [4.78, 5) is 26.9. The Hall–Kier alpha value is -3.39. The van der Waals surface area contributed by atoms with Crippen molar-refractivity contribution in [2.24, 2.45) is 0 Å². The first-order valence-corrected chi connectivity index (χ1v) is 11.7. The van der Waals surface area contributed by atoms with E-state index in [0.29, 0.717) is 23.6 Å². The SMILES string of the molecule is CCCCSNC(=O)c1nc(-c2ccc(OCC)cc2)nc2c1ncn2-c1ccccc1. The van der Waals surface area contributed by atoms with E-state index in [-0.39, 0.29) is 11.6 Å². The van der Waals surface area contributed by atoms with Crippen LogP contribution in [0.4, 0.5) is 0 Å². The molecule has 2 aromatic carbocycles. The molecule has 0 aliphatic rings. The monoisotopic (exact) mass is 447 g/mol. The fourth-order valence-corrected chi connectivity index (χ4v) is 3.98. The Morgan fingerprint density at radius 3 is 2.56 bits per heavy atom. The zero-order valence-electron chi connectivity index (χ0n) is 18.1. The van der Waals surface area contributed by atoms with Gasteiger partial charge in [0.15, 0.2) is 17.2 Å². The Morgan fingerprint density at radius 2 is 1.84 bits per heavy atom. The number of aromatic nitrogens is 4. The third kappa shape index (κ3) is 4.75. The highest BCUT2D eigenvalue weighted by Crippen LogP contribution is 2.25. The summed E-state index contributed by atoms with van der Waals surface area (Å²) in [5.41, 5.74) is 3.02. The molecule has 0 spiro atoms. The number of fused-ring (bicyclic) bond motifs is 1. The maximum Gasteiger partial charge on any atom is 0.282 e. The summed E-state index contributed by atoms with van der Waals surface area (Å²) in [5, 5.41) is 0. The molecular weight excluding hydrogens is 422 g/mol. The molecule has 1 amide bonds. The van der Waals surface area contributed by atoms with Gasteiger partial charge in [-0.25, -0.2) is 15.0 Å². The van der Waals surface area contributed by atoms with Crippen molar-refractivity contribution in [1.82, 2.24) is 24.2 Å². The van der Waals surface area contributed by atoms with Gasteiger partial charge in [0.2, 0.25) is 0 Å². The molecule has 2 aromatic heterocycles. The first-order chi connectivity index (χ1) is 15.7. The number of hydrogen-bond donors (Lipinski definition) is 1. The topological polar surface area (TPSA) is 81.9 Å². The van der Waals surface area contributed by atoms with Crippen molar-refractivity contribution in [3.05, 3.63) is 66.6 Å². The smallest absolute Gasteiger partial charge is 0.282 e. The lowest BCUT2D eigenvalue weighted by Gasteiger charge is -2.09. The van der Waals surface area contributed by atoms with Crippen LogP contribution in [0.1, 0.15) is 37.2 Å². The minimum Gasteiger partial charge on any atom is -0.494 e. The number of nitrogens with one attached hydrogen (secondary N) is 1. The maximum absolute atomic E-state index is 13.0. The number of carbonyl (C=O) groups excluding carboxylic acids is 1. The molecule has 0 fully saturated rings. The number of nitrogens with zero attached hydrogens (tertiary/aromatic N) is 4. The second-order valence-corrected chi connectivity index (χ2v) is 8.01. The van der Waals surface area contributed by atoms with Gasteiger partial charge in [-0.1, -0.05) is 43.5 Å². The molecular formula is C24H25N5O2S. The second kappa shape index (κ2) is 10.3. The summed E-state index contributed by atoms with van der Waals surface area (Å²) in [6.07, 6.45) is 3.78. The van der Waals surface area contributed by atoms with Gasteiger partial charge in [0.25, 0.3) is 5.91 Å². The van der Waals surface area contributed by atoms with Crippen molar-refractivity contribution in [2.75, 3.05) is 12.4 Å². The van der Waals surface area contributed by atoms with E-state index in [9.17, 15) is 4.79 Å². The lowest BCUT2D eigenvalue weighted by Crippen LogP contribution is -2.19. The molecule has 0 bridgehead atoms. The summed E-state index contributed by atoms with van der Waals surface area (Å²) in [6.45, 7) is 4.66. The van der Waals surface area contributed by atoms with E-state index >= 15 is 0 Å². The normalized spacial score (nSPS) is 10.9. The average molecular weight is 448 g/mol. The first-order valence-electron chi connectivity index (χ1n) is 10.7. The number of carbonyl (C=O) groups is 1. The van der Waals surface area contributed by atoms with Crippen LogP contribution < -0.4 is 9.46 Å². The third-order valence-corrected chi connectivity index (χ3v) is 5.66. The van der Waals surface area contributed by atoms with Crippen molar-refractivity contribution < 1.29 is 9.53 Å². The number of rotatable bonds is 9. The summed E-state index contributed by atoms with van der Waals surface area (Å²) in [6, 6.07) is 17.3. The summed E-state index contributed by atoms with van der Waals surface area (Å²) in [5.74, 6) is 1.81. The van der Waals surface area contributed by atoms with Crippen LogP contribution in [-0.4, -0.2) is 37.8 Å². The standard InChI is InChI=1S/C24H25N5O2S/c1-3-5-15-32-28-24(30)21-20-23(29(16-25-20)18-9-7-6-8-10-18)27-22(26-21)17-11-13-19(14-12-17)31-4-2/h6-14,16H,3-5,15H2,1-2H3,(H,28,30). The predicted octanol–water partition coefficient (Wildman–Crippen LogP) is 5.06. The molecule has 32 heavy (non-hydrogen) atoms. The fourth-order valence-electron chi connectivity index (χ4n) is 3.21. The van der Waals surface area contributed by atoms with Crippen molar-refractivity contribution in [2.45, 2.75) is 26.7 Å². The molecule has 4 rings (SSSR count). The fraction of sp³-hybridized carbons (Fsp3) is 0.250. The van der Waals surface area contributed by atoms with Crippen LogP contribution in [0, 0.1) is 0 Å². The van der Waals surface area contributed by atoms with E-state index < -0.39 is 0 Å². The van der Waals surface area contributed by atoms with Gasteiger partial charge in [-0.15, -0.1) is 0 Å². The summed E-state index contributed by atoms with van der Waals surface area (Å²) in [7, 11) is 0. The van der Waals surface area contributed by atoms with Gasteiger partial charge in [0.1, 0.15) is 17.6 Å². The Morgan fingerprint density at radius 1 is 1.06 bits per heavy atom. The van der Waals surface area contributed by atoms with Gasteiger partial charge < -0.3 is 4.74 Å². The van der Waals surface area contributed by atoms with Crippen molar-refractivity contribution in [1.29, 1.82) is 0 Å². The molecule has 0 saturated carbocycles. The van der Waals surface area contributed by atoms with Gasteiger partial charge >= 0.3 is 0 Å². The molecule has 0 aliphatic carbocycles. The van der Waals surface area contributed by atoms with Gasteiger partial charge in [0, 0.05) is 17.0 Å². The van der Waals surface area contributed by atoms with Crippen LogP contribution >= 0.6 is 11.9 Å². The van der Waals surface area contributed by atoms with Gasteiger partial charge in [0.05, 0.1) is 6.61 Å². The Balaban J connectivity index is 1.78. The lowest BCUT2D eigenvalue weighted by atomic mass is 10.2. The molecule has 2 heterocycles. The van der Waals surface area contributed by atoms with Crippen LogP contribution in [0.15, 0.2) is 60.9 Å². The number of para-hydroxylation sites is 1. The number of benzene rings is 2. The number of imidazole rings is 1. The van der Waals surface area contributed by atoms with Crippen molar-refractivity contribution in [3.8, 4) is 22.8 Å². The molecule has 0 saturated heterocycles. The highest BCUT2D eigenvalue weighted by Gasteiger charge is 2.20. The molecule has 0 radical (unpaired) electrons. The number of unbranched alkanes of at least 4 members (excludes halogenated alkanes) is 1. The molecule has 0 unspecified atom stereocenters. The third-order valence-electron chi connectivity index (χ3n) is 4.83. The van der Waals surface area contributed by atoms with Gasteiger partial charge in [-0.05, 0) is 49.7 Å². The highest BCUT2D eigenvalue weighted by molar-refractivity contribution is 7.97. The lowest BCUT2D eigenvalue weighted by molar-refractivity contribution is 0.0981. The average Bonchev–Trinajstić information content (AvgIpc) is 3.26. The minimum absolute atomic E-state index is 0.262. The summed E-state index contributed by atoms with van der Waals surface area (Å²) >= 11 is 1.39. The molecule has 7 nitrogen and oxygen atoms in total. The minimum atomic E-state index is -0.274. The molecule has 164 valence electrons. The van der Waals surface area contributed by atoms with Crippen molar-refractivity contribution >= 4 is 29.0 Å². The van der Waals surface area contributed by atoms with Crippen LogP contribution in [-0.2, 0) is 0 Å². The van der Waals surface area contributed by atoms with Gasteiger partial charge in [-0.3, -0.25) is 14.1 Å². The zero-order chi connectivity index (χ0) is 22.3. The Labute approximate surface area is 191 Å². The number of amides is 1. The highest BCUT2D eigenvalue weighted by atomic mass is 32.2. The van der Waals surface area contributed by atoms with Crippen LogP contribution in [0.2, 0.25) is 0 Å². The molecule has 0 atom stereocenters. The quantitative estimate of drug-likeness (QED) is 0.285. The van der Waals surface area contributed by atoms with E-state index in [1.54, 1.807) is 6.33 Å². The zero-order valence-corrected chi connectivity index (χ0v) is 18.9. The Kier molecular flexibility index (Phi) is 7.01. The van der Waals surface area contributed by atoms with Gasteiger partial charge in [-0.2, -0.15) is 0 Å². The van der Waals surface area contributed by atoms with Crippen LogP contribution in [0.3, 0.4) is 0 Å². The predicted molar refractivity (Wildman–Crippen MR) is 128 cm³/mol. The van der Waals surface area contributed by atoms with Crippen molar-refractivity contribution in [3.63, 3.8) is 0 Å². The van der Waals surface area contributed by atoms with E-state index in [0.717, 1.165) is 35.6 Å². The number of ether oxygens (including phenoxy) is 1. The maximum atomic E-state index is 13.0. The molecule has 4 aromatic rings. The molecule has 1 N–H and O–H groups in total. The summed E-state index contributed by atoms with van der Waals surface area (Å²) < 4.78 is 10.3. The first kappa shape index (κ1) is 21.8. The van der Waals surface area contributed by atoms with E-state index in [4.69, 9.17) is 9.72 Å². The molecule has 0 aliphatic heterocycles. The van der Waals surface area contributed by atoms with Crippen LogP contribution in [0.25, 0.3) is 28.2 Å². The molecule has 8 heteroatoms.